The smallest absolute Gasteiger partial charge is 0.245 e. The summed E-state index contributed by atoms with van der Waals surface area (Å²) in [5.41, 5.74) is 0. The Hall–Kier alpha value is -1.36. The third-order valence-corrected chi connectivity index (χ3v) is 0.688. The molecule has 56 valence electrons. The number of nitrogens with one attached hydrogen (secondary N) is 1. The second kappa shape index (κ2) is 3.62. The van der Waals surface area contributed by atoms with Crippen molar-refractivity contribution in [3.05, 3.63) is 12.7 Å². The van der Waals surface area contributed by atoms with E-state index in [-0.39, 0.29) is 0 Å². The van der Waals surface area contributed by atoms with E-state index >= 15 is 0 Å². The SMILES string of the molecule is C=CC(=O)N[C@H](O)C(=O)[O-]. The minimum absolute atomic E-state index is 0.767. The molecule has 5 nitrogen and oxygen atoms in total. The number of aliphatic hydroxyl groups excluding tert-OH is 1. The van der Waals surface area contributed by atoms with E-state index in [4.69, 9.17) is 5.11 Å². The Morgan fingerprint density at radius 1 is 1.70 bits per heavy atom. The van der Waals surface area contributed by atoms with Crippen LogP contribution in [0.4, 0.5) is 0 Å². The highest BCUT2D eigenvalue weighted by atomic mass is 16.4. The van der Waals surface area contributed by atoms with Crippen molar-refractivity contribution in [2.24, 2.45) is 0 Å². The second-order valence-electron chi connectivity index (χ2n) is 1.43. The quantitative estimate of drug-likeness (QED) is 0.334. The molecule has 1 amide bonds. The summed E-state index contributed by atoms with van der Waals surface area (Å²) in [6.07, 6.45) is -1.13. The van der Waals surface area contributed by atoms with E-state index in [1.54, 1.807) is 5.32 Å². The largest absolute Gasteiger partial charge is 0.545 e. The van der Waals surface area contributed by atoms with Gasteiger partial charge < -0.3 is 20.3 Å². The fraction of sp³-hybridized carbons (Fsp3) is 0.200. The Morgan fingerprint density at radius 3 is 2.50 bits per heavy atom. The van der Waals surface area contributed by atoms with Gasteiger partial charge in [0.2, 0.25) is 5.91 Å². The zero-order valence-corrected chi connectivity index (χ0v) is 5.03. The highest BCUT2D eigenvalue weighted by molar-refractivity contribution is 5.89. The van der Waals surface area contributed by atoms with Gasteiger partial charge in [-0.2, -0.15) is 0 Å². The second-order valence-corrected chi connectivity index (χ2v) is 1.43. The number of carboxylic acids is 1. The number of carbonyl (C=O) groups is 2. The molecule has 0 saturated carbocycles. The number of hydrogen-bond acceptors (Lipinski definition) is 4. The van der Waals surface area contributed by atoms with Crippen LogP contribution in [0.2, 0.25) is 0 Å². The standard InChI is InChI=1S/C5H7NO4/c1-2-3(7)6-4(8)5(9)10/h2,4,8H,1H2,(H,6,7)(H,9,10)/p-1/t4-/m1/s1. The molecule has 0 fully saturated rings. The molecule has 1 atom stereocenters. The van der Waals surface area contributed by atoms with E-state index in [0.717, 1.165) is 6.08 Å². The van der Waals surface area contributed by atoms with E-state index in [1.807, 2.05) is 0 Å². The van der Waals surface area contributed by atoms with E-state index in [0.29, 0.717) is 0 Å². The molecule has 0 spiro atoms. The lowest BCUT2D eigenvalue weighted by molar-refractivity contribution is -0.316. The summed E-state index contributed by atoms with van der Waals surface area (Å²) >= 11 is 0. The van der Waals surface area contributed by atoms with Crippen molar-refractivity contribution in [2.45, 2.75) is 6.23 Å². The lowest BCUT2D eigenvalue weighted by Gasteiger charge is -2.10. The number of carboxylic acid groups (broad SMARTS) is 1. The van der Waals surface area contributed by atoms with E-state index in [1.165, 1.54) is 0 Å². The summed E-state index contributed by atoms with van der Waals surface area (Å²) in [5.74, 6) is -2.52. The molecule has 0 rings (SSSR count). The monoisotopic (exact) mass is 144 g/mol. The molecule has 0 unspecified atom stereocenters. The van der Waals surface area contributed by atoms with E-state index < -0.39 is 18.1 Å². The summed E-state index contributed by atoms with van der Waals surface area (Å²) in [6.45, 7) is 3.04. The average molecular weight is 144 g/mol. The molecule has 0 aliphatic rings. The topological polar surface area (TPSA) is 89.5 Å². The molecular formula is C5H6NO4-. The first-order valence-corrected chi connectivity index (χ1v) is 2.39. The lowest BCUT2D eigenvalue weighted by atomic mass is 10.5. The van der Waals surface area contributed by atoms with Gasteiger partial charge in [0.1, 0.15) is 0 Å². The van der Waals surface area contributed by atoms with Crippen molar-refractivity contribution < 1.29 is 19.8 Å². The first kappa shape index (κ1) is 8.64. The Morgan fingerprint density at radius 2 is 2.20 bits per heavy atom. The number of aliphatic hydroxyl groups is 1. The number of amides is 1. The molecule has 5 heteroatoms. The van der Waals surface area contributed by atoms with Crippen molar-refractivity contribution in [3.63, 3.8) is 0 Å². The lowest BCUT2D eigenvalue weighted by Crippen LogP contribution is -2.47. The van der Waals surface area contributed by atoms with E-state index in [9.17, 15) is 14.7 Å². The Balaban J connectivity index is 3.79. The predicted octanol–water partition coefficient (Wildman–Crippen LogP) is -2.64. The van der Waals surface area contributed by atoms with Gasteiger partial charge in [0.15, 0.2) is 6.23 Å². The van der Waals surface area contributed by atoms with Crippen LogP contribution in [-0.4, -0.2) is 23.2 Å². The Kier molecular flexibility index (Phi) is 3.13. The van der Waals surface area contributed by atoms with Crippen LogP contribution in [0.3, 0.4) is 0 Å². The van der Waals surface area contributed by atoms with Gasteiger partial charge in [-0.3, -0.25) is 4.79 Å². The minimum Gasteiger partial charge on any atom is -0.545 e. The molecule has 0 saturated heterocycles. The Bertz CT molecular complexity index is 165. The molecule has 0 aromatic heterocycles. The van der Waals surface area contributed by atoms with Gasteiger partial charge >= 0.3 is 0 Å². The van der Waals surface area contributed by atoms with Crippen LogP contribution in [-0.2, 0) is 9.59 Å². The fourth-order valence-corrected chi connectivity index (χ4v) is 0.253. The van der Waals surface area contributed by atoms with Crippen molar-refractivity contribution in [2.75, 3.05) is 0 Å². The fourth-order valence-electron chi connectivity index (χ4n) is 0.253. The normalized spacial score (nSPS) is 11.7. The van der Waals surface area contributed by atoms with E-state index in [2.05, 4.69) is 6.58 Å². The van der Waals surface area contributed by atoms with Crippen molar-refractivity contribution in [3.8, 4) is 0 Å². The van der Waals surface area contributed by atoms with Gasteiger partial charge in [-0.1, -0.05) is 6.58 Å². The zero-order valence-electron chi connectivity index (χ0n) is 5.03. The Labute approximate surface area is 57.0 Å². The molecular weight excluding hydrogens is 138 g/mol. The van der Waals surface area contributed by atoms with Gasteiger partial charge in [-0.05, 0) is 6.08 Å². The summed E-state index contributed by atoms with van der Waals surface area (Å²) < 4.78 is 0. The zero-order chi connectivity index (χ0) is 8.15. The third kappa shape index (κ3) is 2.83. The minimum atomic E-state index is -1.97. The van der Waals surface area contributed by atoms with Gasteiger partial charge in [0, 0.05) is 0 Å². The first-order valence-electron chi connectivity index (χ1n) is 2.39. The van der Waals surface area contributed by atoms with Crippen LogP contribution in [0.5, 0.6) is 0 Å². The summed E-state index contributed by atoms with van der Waals surface area (Å²) in [6, 6.07) is 0. The first-order chi connectivity index (χ1) is 4.57. The number of aliphatic carboxylic acids is 1. The van der Waals surface area contributed by atoms with Crippen molar-refractivity contribution >= 4 is 11.9 Å². The summed E-state index contributed by atoms with van der Waals surface area (Å²) in [7, 11) is 0. The maximum absolute atomic E-state index is 10.2. The van der Waals surface area contributed by atoms with Crippen LogP contribution in [0.25, 0.3) is 0 Å². The summed E-state index contributed by atoms with van der Waals surface area (Å²) in [4.78, 5) is 20.0. The molecule has 0 radical (unpaired) electrons. The van der Waals surface area contributed by atoms with Crippen LogP contribution < -0.4 is 10.4 Å². The van der Waals surface area contributed by atoms with Crippen LogP contribution in [0.15, 0.2) is 12.7 Å². The van der Waals surface area contributed by atoms with Gasteiger partial charge in [0.25, 0.3) is 0 Å². The van der Waals surface area contributed by atoms with Crippen molar-refractivity contribution in [1.29, 1.82) is 0 Å². The van der Waals surface area contributed by atoms with Gasteiger partial charge in [-0.25, -0.2) is 0 Å². The molecule has 0 aliphatic heterocycles. The maximum Gasteiger partial charge on any atom is 0.245 e. The molecule has 0 aromatic rings. The molecule has 0 bridgehead atoms. The average Bonchev–Trinajstić information content (AvgIpc) is 1.87. The highest BCUT2D eigenvalue weighted by Gasteiger charge is 2.04. The van der Waals surface area contributed by atoms with Crippen LogP contribution in [0.1, 0.15) is 0 Å². The molecule has 2 N–H and O–H groups in total. The van der Waals surface area contributed by atoms with Gasteiger partial charge in [0.05, 0.1) is 5.97 Å². The molecule has 0 aliphatic carbocycles. The number of rotatable bonds is 3. The molecule has 10 heavy (non-hydrogen) atoms. The van der Waals surface area contributed by atoms with Gasteiger partial charge in [-0.15, -0.1) is 0 Å². The highest BCUT2D eigenvalue weighted by Crippen LogP contribution is 1.73. The number of hydrogen-bond donors (Lipinski definition) is 2. The molecule has 0 heterocycles. The van der Waals surface area contributed by atoms with Crippen LogP contribution in [0, 0.1) is 0 Å². The van der Waals surface area contributed by atoms with Crippen LogP contribution >= 0.6 is 0 Å². The molecule has 0 aromatic carbocycles. The number of carbonyl (C=O) groups excluding carboxylic acids is 2. The predicted molar refractivity (Wildman–Crippen MR) is 29.4 cm³/mol. The maximum atomic E-state index is 10.2. The third-order valence-electron chi connectivity index (χ3n) is 0.688. The summed E-state index contributed by atoms with van der Waals surface area (Å²) in [5, 5.41) is 19.8. The van der Waals surface area contributed by atoms with Crippen molar-refractivity contribution in [1.82, 2.24) is 5.32 Å².